The van der Waals surface area contributed by atoms with E-state index in [9.17, 15) is 24.3 Å². The largest absolute Gasteiger partial charge is 0.495 e. The van der Waals surface area contributed by atoms with Gasteiger partial charge in [-0.05, 0) is 61.0 Å². The van der Waals surface area contributed by atoms with Gasteiger partial charge >= 0.3 is 12.1 Å². The lowest BCUT2D eigenvalue weighted by Crippen LogP contribution is -2.59. The number of benzene rings is 1. The van der Waals surface area contributed by atoms with Crippen LogP contribution >= 0.6 is 11.6 Å². The van der Waals surface area contributed by atoms with E-state index >= 15 is 0 Å². The van der Waals surface area contributed by atoms with Crippen molar-refractivity contribution in [2.24, 2.45) is 23.2 Å². The van der Waals surface area contributed by atoms with Gasteiger partial charge in [0.1, 0.15) is 52.2 Å². The molecule has 3 amide bonds. The third-order valence-electron chi connectivity index (χ3n) is 11.0. The number of anilines is 1. The number of nitrogens with one attached hydrogen (secondary N) is 3. The van der Waals surface area contributed by atoms with Crippen LogP contribution in [-0.4, -0.2) is 103 Å². The van der Waals surface area contributed by atoms with Gasteiger partial charge in [-0.15, -0.1) is 0 Å². The number of aliphatic carboxylic acids is 1. The first-order valence-corrected chi connectivity index (χ1v) is 18.5. The number of aromatic nitrogens is 1. The van der Waals surface area contributed by atoms with Crippen LogP contribution in [0.1, 0.15) is 66.2 Å². The van der Waals surface area contributed by atoms with Gasteiger partial charge in [0.15, 0.2) is 0 Å². The van der Waals surface area contributed by atoms with E-state index in [0.717, 1.165) is 12.8 Å². The number of pyridine rings is 1. The number of carboxylic acids is 1. The second kappa shape index (κ2) is 14.8. The van der Waals surface area contributed by atoms with Gasteiger partial charge in [-0.25, -0.2) is 14.6 Å². The first-order valence-electron chi connectivity index (χ1n) is 18.1. The predicted octanol–water partition coefficient (Wildman–Crippen LogP) is 4.61. The molecule has 8 atom stereocenters. The molecule has 4 aliphatic rings. The number of likely N-dealkylation sites (tertiary alicyclic amines) is 1. The highest BCUT2D eigenvalue weighted by atomic mass is 35.5. The average molecular weight is 744 g/mol. The number of carbonyl (C=O) groups excluding carboxylic acids is 3. The van der Waals surface area contributed by atoms with Crippen LogP contribution in [0.5, 0.6) is 11.5 Å². The molecule has 52 heavy (non-hydrogen) atoms. The number of nitrogens with zero attached hydrogens (tertiary/aromatic N) is 2. The number of rotatable bonds is 14. The van der Waals surface area contributed by atoms with Crippen molar-refractivity contribution in [1.29, 1.82) is 0 Å². The fourth-order valence-corrected chi connectivity index (χ4v) is 8.14. The summed E-state index contributed by atoms with van der Waals surface area (Å²) in [5.41, 5.74) is -1.73. The maximum Gasteiger partial charge on any atom is 0.408 e. The normalized spacial score (nSPS) is 28.1. The summed E-state index contributed by atoms with van der Waals surface area (Å²) in [5.74, 6) is 0.109. The summed E-state index contributed by atoms with van der Waals surface area (Å²) in [7, 11) is 3.10. The smallest absolute Gasteiger partial charge is 0.408 e. The molecule has 1 aromatic carbocycles. The summed E-state index contributed by atoms with van der Waals surface area (Å²) >= 11 is 6.70. The number of carboxylic acid groups (broad SMARTS) is 1. The van der Waals surface area contributed by atoms with Gasteiger partial charge in [-0.1, -0.05) is 45.7 Å². The predicted molar refractivity (Wildman–Crippen MR) is 193 cm³/mol. The van der Waals surface area contributed by atoms with Crippen LogP contribution in [0.3, 0.4) is 0 Å². The molecule has 1 unspecified atom stereocenters. The van der Waals surface area contributed by atoms with Crippen LogP contribution in [-0.2, 0) is 23.9 Å². The highest BCUT2D eigenvalue weighted by molar-refractivity contribution is 6.36. The summed E-state index contributed by atoms with van der Waals surface area (Å²) in [6.07, 6.45) is 2.23. The summed E-state index contributed by atoms with van der Waals surface area (Å²) in [6.45, 7) is 8.23. The molecule has 1 saturated heterocycles. The standard InChI is InChI=1S/C37H50ClN5O9/c1-7-21-17-37(21,34(46)47)42-32(44)25-15-23(51-27-16-28(39-10-11-49-5)40-30-24(27)8-9-26(50-6)29(30)38)18-43(25)33(45)31(36(2,3)4)41-35(48)52-22-13-19-12-20(19)14-22/h8-9,16,19-23,25,31H,7,10-15,17-18H2,1-6H3,(H,39,40)(H,41,48)(H,42,44)(H,46,47)/t19-,20+,21-,22?,23-,25+,31-,37-/m1/s1. The van der Waals surface area contributed by atoms with Gasteiger partial charge < -0.3 is 44.9 Å². The molecule has 14 nitrogen and oxygen atoms in total. The van der Waals surface area contributed by atoms with Gasteiger partial charge in [0.2, 0.25) is 11.8 Å². The molecule has 1 aromatic heterocycles. The van der Waals surface area contributed by atoms with Crippen LogP contribution < -0.4 is 25.4 Å². The van der Waals surface area contributed by atoms with Crippen molar-refractivity contribution >= 4 is 52.2 Å². The molecule has 4 fully saturated rings. The Balaban J connectivity index is 1.29. The van der Waals surface area contributed by atoms with Crippen LogP contribution in [0.15, 0.2) is 18.2 Å². The fraction of sp³-hybridized carbons (Fsp3) is 0.649. The molecule has 3 saturated carbocycles. The van der Waals surface area contributed by atoms with Crippen LogP contribution in [0, 0.1) is 23.2 Å². The summed E-state index contributed by atoms with van der Waals surface area (Å²) in [6, 6.07) is 3.07. The fourth-order valence-electron chi connectivity index (χ4n) is 7.86. The first kappa shape index (κ1) is 37.7. The summed E-state index contributed by atoms with van der Waals surface area (Å²) < 4.78 is 22.9. The van der Waals surface area contributed by atoms with Crippen LogP contribution in [0.25, 0.3) is 10.9 Å². The first-order chi connectivity index (χ1) is 24.7. The van der Waals surface area contributed by atoms with E-state index in [0.29, 0.717) is 66.0 Å². The molecular weight excluding hydrogens is 694 g/mol. The van der Waals surface area contributed by atoms with Crippen molar-refractivity contribution in [3.8, 4) is 11.5 Å². The minimum Gasteiger partial charge on any atom is -0.495 e. The van der Waals surface area contributed by atoms with E-state index in [1.807, 2.05) is 27.7 Å². The molecule has 2 heterocycles. The van der Waals surface area contributed by atoms with Crippen molar-refractivity contribution in [3.63, 3.8) is 0 Å². The van der Waals surface area contributed by atoms with Gasteiger partial charge in [0.05, 0.1) is 25.8 Å². The zero-order valence-electron chi connectivity index (χ0n) is 30.6. The van der Waals surface area contributed by atoms with Crippen molar-refractivity contribution in [2.45, 2.75) is 96.1 Å². The van der Waals surface area contributed by atoms with E-state index in [2.05, 4.69) is 20.9 Å². The van der Waals surface area contributed by atoms with E-state index in [1.54, 1.807) is 25.3 Å². The quantitative estimate of drug-likeness (QED) is 0.199. The van der Waals surface area contributed by atoms with E-state index in [-0.39, 0.29) is 30.0 Å². The number of halogens is 1. The van der Waals surface area contributed by atoms with Crippen molar-refractivity contribution in [2.75, 3.05) is 39.2 Å². The van der Waals surface area contributed by atoms with E-state index in [1.165, 1.54) is 18.4 Å². The maximum absolute atomic E-state index is 14.5. The third-order valence-corrected chi connectivity index (χ3v) is 11.4. The number of ether oxygens (including phenoxy) is 4. The Morgan fingerprint density at radius 2 is 1.81 bits per heavy atom. The number of hydrogen-bond donors (Lipinski definition) is 4. The lowest BCUT2D eigenvalue weighted by atomic mass is 9.85. The number of hydrogen-bond acceptors (Lipinski definition) is 10. The van der Waals surface area contributed by atoms with Crippen molar-refractivity contribution in [3.05, 3.63) is 23.2 Å². The molecule has 6 rings (SSSR count). The number of amides is 3. The number of carbonyl (C=O) groups is 4. The molecule has 1 aliphatic heterocycles. The average Bonchev–Trinajstić information content (AvgIpc) is 3.90. The molecule has 2 aromatic rings. The molecule has 4 N–H and O–H groups in total. The second-order valence-corrected chi connectivity index (χ2v) is 16.0. The zero-order valence-corrected chi connectivity index (χ0v) is 31.4. The number of alkyl carbamates (subject to hydrolysis) is 1. The summed E-state index contributed by atoms with van der Waals surface area (Å²) in [4.78, 5) is 60.2. The molecule has 0 spiro atoms. The minimum absolute atomic E-state index is 0.0103. The molecular formula is C37H50ClN5O9. The maximum atomic E-state index is 14.5. The topological polar surface area (TPSA) is 178 Å². The van der Waals surface area contributed by atoms with Crippen LogP contribution in [0.4, 0.5) is 10.6 Å². The monoisotopic (exact) mass is 743 g/mol. The Bertz CT molecular complexity index is 1710. The van der Waals surface area contributed by atoms with E-state index < -0.39 is 53.0 Å². The van der Waals surface area contributed by atoms with Gasteiger partial charge in [0.25, 0.3) is 0 Å². The molecule has 3 aliphatic carbocycles. The Kier molecular flexibility index (Phi) is 10.7. The van der Waals surface area contributed by atoms with Gasteiger partial charge in [-0.3, -0.25) is 9.59 Å². The molecule has 0 bridgehead atoms. The third kappa shape index (κ3) is 7.68. The zero-order chi connectivity index (χ0) is 37.5. The number of methoxy groups -OCH3 is 2. The molecule has 284 valence electrons. The number of fused-ring (bicyclic) bond motifs is 2. The van der Waals surface area contributed by atoms with Crippen molar-refractivity contribution in [1.82, 2.24) is 20.5 Å². The summed E-state index contributed by atoms with van der Waals surface area (Å²) in [5, 5.41) is 19.8. The van der Waals surface area contributed by atoms with E-state index in [4.69, 9.17) is 30.5 Å². The lowest BCUT2D eigenvalue weighted by molar-refractivity contribution is -0.146. The van der Waals surface area contributed by atoms with Crippen LogP contribution in [0.2, 0.25) is 5.02 Å². The Morgan fingerprint density at radius 3 is 2.42 bits per heavy atom. The van der Waals surface area contributed by atoms with Gasteiger partial charge in [0, 0.05) is 31.5 Å². The Hall–Kier alpha value is -4.04. The lowest BCUT2D eigenvalue weighted by Gasteiger charge is -2.35. The molecule has 15 heteroatoms. The van der Waals surface area contributed by atoms with Gasteiger partial charge in [-0.2, -0.15) is 0 Å². The Morgan fingerprint density at radius 1 is 1.08 bits per heavy atom. The second-order valence-electron chi connectivity index (χ2n) is 15.7. The Labute approximate surface area is 308 Å². The SMILES string of the molecule is CC[C@@H]1C[C@]1(NC(=O)[C@@H]1C[C@@H](Oc2cc(NCCOC)nc3c(Cl)c(OC)ccc23)CN1C(=O)[C@@H](NC(=O)OC1C[C@@H]2C[C@@H]2C1)C(C)(C)C)C(=O)O. The highest BCUT2D eigenvalue weighted by Crippen LogP contribution is 2.52. The van der Waals surface area contributed by atoms with Crippen molar-refractivity contribution < 1.29 is 43.2 Å². The molecule has 0 radical (unpaired) electrons. The highest BCUT2D eigenvalue weighted by Gasteiger charge is 2.61. The minimum atomic E-state index is -1.40.